The molecular formula is C16H16F4N4O3S. The monoisotopic (exact) mass is 420 g/mol. The molecule has 2 fully saturated rings. The molecule has 1 aliphatic carbocycles. The number of hydrogen-bond acceptors (Lipinski definition) is 5. The Kier molecular flexibility index (Phi) is 4.28. The molecule has 2 aliphatic rings. The Balaban J connectivity index is 1.56. The maximum Gasteiger partial charge on any atom is 0.417 e. The van der Waals surface area contributed by atoms with Crippen LogP contribution in [0.25, 0.3) is 11.4 Å². The van der Waals surface area contributed by atoms with E-state index in [-0.39, 0.29) is 36.1 Å². The minimum absolute atomic E-state index is 0.167. The van der Waals surface area contributed by atoms with Gasteiger partial charge in [-0.15, -0.1) is 0 Å². The second-order valence-corrected chi connectivity index (χ2v) is 8.75. The maximum atomic E-state index is 13.5. The number of rotatable bonds is 3. The van der Waals surface area contributed by atoms with Crippen LogP contribution >= 0.6 is 0 Å². The van der Waals surface area contributed by atoms with Crippen LogP contribution in [0.3, 0.4) is 0 Å². The number of aromatic nitrogens is 2. The van der Waals surface area contributed by atoms with Gasteiger partial charge in [-0.1, -0.05) is 5.16 Å². The molecule has 28 heavy (non-hydrogen) atoms. The van der Waals surface area contributed by atoms with Crippen molar-refractivity contribution in [2.24, 2.45) is 10.6 Å². The smallest absolute Gasteiger partial charge is 0.339 e. The molecule has 1 spiro atoms. The fourth-order valence-corrected chi connectivity index (χ4v) is 4.56. The molecular weight excluding hydrogens is 404 g/mol. The van der Waals surface area contributed by atoms with Crippen LogP contribution in [0, 0.1) is 11.2 Å². The average molecular weight is 420 g/mol. The molecule has 12 heteroatoms. The molecule has 4 rings (SSSR count). The van der Waals surface area contributed by atoms with E-state index < -0.39 is 33.3 Å². The van der Waals surface area contributed by atoms with Gasteiger partial charge in [-0.25, -0.2) is 9.53 Å². The Morgan fingerprint density at radius 3 is 2.54 bits per heavy atom. The summed E-state index contributed by atoms with van der Waals surface area (Å²) in [5, 5.41) is 8.74. The van der Waals surface area contributed by atoms with Crippen LogP contribution in [0.4, 0.5) is 17.6 Å². The minimum Gasteiger partial charge on any atom is -0.339 e. The first-order valence-electron chi connectivity index (χ1n) is 8.48. The van der Waals surface area contributed by atoms with Gasteiger partial charge < -0.3 is 4.52 Å². The van der Waals surface area contributed by atoms with E-state index >= 15 is 0 Å². The predicted octanol–water partition coefficient (Wildman–Crippen LogP) is 2.67. The van der Waals surface area contributed by atoms with Crippen LogP contribution in [0.5, 0.6) is 0 Å². The predicted molar refractivity (Wildman–Crippen MR) is 88.4 cm³/mol. The van der Waals surface area contributed by atoms with E-state index in [9.17, 15) is 26.0 Å². The molecule has 0 unspecified atom stereocenters. The Morgan fingerprint density at radius 2 is 1.93 bits per heavy atom. The molecule has 0 amide bonds. The van der Waals surface area contributed by atoms with Crippen LogP contribution in [0.2, 0.25) is 0 Å². The van der Waals surface area contributed by atoms with E-state index in [1.165, 1.54) is 4.31 Å². The van der Waals surface area contributed by atoms with E-state index in [0.29, 0.717) is 25.3 Å². The van der Waals surface area contributed by atoms with Gasteiger partial charge in [-0.3, -0.25) is 0 Å². The van der Waals surface area contributed by atoms with E-state index in [1.807, 2.05) is 0 Å². The lowest BCUT2D eigenvalue weighted by atomic mass is 9.92. The molecule has 1 saturated heterocycles. The van der Waals surface area contributed by atoms with E-state index in [4.69, 9.17) is 9.66 Å². The zero-order chi connectivity index (χ0) is 20.3. The van der Waals surface area contributed by atoms with E-state index in [1.54, 1.807) is 0 Å². The summed E-state index contributed by atoms with van der Waals surface area (Å²) in [5.74, 6) is -1.16. The lowest BCUT2D eigenvalue weighted by Crippen LogP contribution is -2.43. The normalized spacial score (nSPS) is 22.5. The van der Waals surface area contributed by atoms with Gasteiger partial charge in [0.05, 0.1) is 5.56 Å². The summed E-state index contributed by atoms with van der Waals surface area (Å²) in [5.41, 5.74) is -1.76. The number of halogens is 4. The van der Waals surface area contributed by atoms with Crippen LogP contribution in [0.1, 0.15) is 36.6 Å². The van der Waals surface area contributed by atoms with Gasteiger partial charge >= 0.3 is 6.18 Å². The lowest BCUT2D eigenvalue weighted by Gasteiger charge is -2.30. The number of nitrogens with zero attached hydrogens (tertiary/aromatic N) is 3. The second-order valence-electron chi connectivity index (χ2n) is 7.21. The maximum absolute atomic E-state index is 13.5. The molecule has 2 N–H and O–H groups in total. The molecule has 1 saturated carbocycles. The summed E-state index contributed by atoms with van der Waals surface area (Å²) >= 11 is 0. The number of piperidine rings is 1. The Bertz CT molecular complexity index is 1010. The van der Waals surface area contributed by atoms with Crippen molar-refractivity contribution in [2.45, 2.75) is 31.4 Å². The van der Waals surface area contributed by atoms with Crippen molar-refractivity contribution >= 4 is 10.2 Å². The number of alkyl halides is 3. The van der Waals surface area contributed by atoms with E-state index in [0.717, 1.165) is 12.1 Å². The zero-order valence-corrected chi connectivity index (χ0v) is 15.2. The summed E-state index contributed by atoms with van der Waals surface area (Å²) in [6, 6.07) is 2.09. The highest BCUT2D eigenvalue weighted by Crippen LogP contribution is 2.64. The number of hydrogen-bond donors (Lipinski definition) is 1. The molecule has 2 heterocycles. The van der Waals surface area contributed by atoms with Gasteiger partial charge in [0.2, 0.25) is 11.7 Å². The van der Waals surface area contributed by atoms with Gasteiger partial charge in [-0.05, 0) is 42.9 Å². The van der Waals surface area contributed by atoms with Crippen LogP contribution in [0.15, 0.2) is 22.7 Å². The Hall–Kier alpha value is -2.05. The molecule has 152 valence electrons. The van der Waals surface area contributed by atoms with E-state index in [2.05, 4.69) is 10.1 Å². The molecule has 1 aromatic carbocycles. The fraction of sp³-hybridized carbons (Fsp3) is 0.500. The number of benzene rings is 1. The molecule has 1 atom stereocenters. The third kappa shape index (κ3) is 3.40. The van der Waals surface area contributed by atoms with Crippen molar-refractivity contribution in [3.05, 3.63) is 35.5 Å². The highest BCUT2D eigenvalue weighted by Gasteiger charge is 2.58. The summed E-state index contributed by atoms with van der Waals surface area (Å²) in [6.45, 7) is 0.525. The Labute approximate surface area is 157 Å². The second kappa shape index (κ2) is 6.22. The van der Waals surface area contributed by atoms with Crippen LogP contribution in [-0.2, 0) is 16.4 Å². The fourth-order valence-electron chi connectivity index (χ4n) is 3.87. The lowest BCUT2D eigenvalue weighted by molar-refractivity contribution is -0.137. The summed E-state index contributed by atoms with van der Waals surface area (Å²) in [6.07, 6.45) is -2.94. The van der Waals surface area contributed by atoms with Crippen molar-refractivity contribution < 1.29 is 30.5 Å². The third-order valence-electron chi connectivity index (χ3n) is 5.54. The first-order valence-corrected chi connectivity index (χ1v) is 9.99. The van der Waals surface area contributed by atoms with Gasteiger partial charge in [0, 0.05) is 24.6 Å². The largest absolute Gasteiger partial charge is 0.417 e. The zero-order valence-electron chi connectivity index (χ0n) is 14.4. The average Bonchev–Trinajstić information content (AvgIpc) is 3.06. The van der Waals surface area contributed by atoms with Gasteiger partial charge in [0.25, 0.3) is 10.2 Å². The molecule has 0 bridgehead atoms. The van der Waals surface area contributed by atoms with Crippen molar-refractivity contribution in [3.8, 4) is 11.4 Å². The first-order chi connectivity index (χ1) is 13.0. The molecule has 2 aromatic rings. The molecule has 7 nitrogen and oxygen atoms in total. The SMILES string of the molecule is NS(=O)(=O)N1CCC2(CC1)C[C@H]2c1nc(-c2cc(F)ccc2C(F)(F)F)no1. The standard InChI is InChI=1S/C16H16F4N4O3S/c17-9-1-2-11(16(18,19)20)10(7-9)13-22-14(27-23-13)12-8-15(12)3-5-24(6-4-15)28(21,25)26/h1-2,7,12H,3-6,8H2,(H2,21,25,26)/t12-/m0/s1. The van der Waals surface area contributed by atoms with Gasteiger partial charge in [0.1, 0.15) is 5.82 Å². The summed E-state index contributed by atoms with van der Waals surface area (Å²) < 4.78 is 82.2. The van der Waals surface area contributed by atoms with Gasteiger partial charge in [0.15, 0.2) is 0 Å². The first kappa shape index (κ1) is 19.3. The Morgan fingerprint density at radius 1 is 1.25 bits per heavy atom. The van der Waals surface area contributed by atoms with Crippen LogP contribution < -0.4 is 5.14 Å². The quantitative estimate of drug-likeness (QED) is 0.770. The summed E-state index contributed by atoms with van der Waals surface area (Å²) in [4.78, 5) is 4.07. The highest BCUT2D eigenvalue weighted by molar-refractivity contribution is 7.86. The molecule has 0 radical (unpaired) electrons. The van der Waals surface area contributed by atoms with Crippen molar-refractivity contribution in [2.75, 3.05) is 13.1 Å². The highest BCUT2D eigenvalue weighted by atomic mass is 32.2. The van der Waals surface area contributed by atoms with Crippen molar-refractivity contribution in [3.63, 3.8) is 0 Å². The van der Waals surface area contributed by atoms with Crippen molar-refractivity contribution in [1.29, 1.82) is 0 Å². The summed E-state index contributed by atoms with van der Waals surface area (Å²) in [7, 11) is -3.75. The van der Waals surface area contributed by atoms with Gasteiger partial charge in [-0.2, -0.15) is 30.9 Å². The van der Waals surface area contributed by atoms with Crippen molar-refractivity contribution in [1.82, 2.24) is 14.4 Å². The molecule has 1 aromatic heterocycles. The third-order valence-corrected chi connectivity index (χ3v) is 6.62. The van der Waals surface area contributed by atoms with Crippen LogP contribution in [-0.4, -0.2) is 36.0 Å². The molecule has 1 aliphatic heterocycles. The minimum atomic E-state index is -4.69. The number of nitrogens with two attached hydrogens (primary N) is 1. The topological polar surface area (TPSA) is 102 Å².